The highest BCUT2D eigenvalue weighted by atomic mass is 32.1. The van der Waals surface area contributed by atoms with Crippen LogP contribution in [0, 0.1) is 0 Å². The first-order chi connectivity index (χ1) is 5.95. The number of aliphatic hydroxyl groups is 1. The molecule has 6 heteroatoms. The molecule has 74 valence electrons. The second-order valence-corrected chi connectivity index (χ2v) is 3.60. The number of nitrogens with two attached hydrogens (primary N) is 1. The maximum Gasteiger partial charge on any atom is 0.425 e. The van der Waals surface area contributed by atoms with Crippen LogP contribution in [-0.2, 0) is 6.18 Å². The molecule has 1 atom stereocenters. The third-order valence-corrected chi connectivity index (χ3v) is 2.73. The Labute approximate surface area is 76.8 Å². The van der Waals surface area contributed by atoms with E-state index in [9.17, 15) is 13.2 Å². The third-order valence-electron chi connectivity index (χ3n) is 1.47. The van der Waals surface area contributed by atoms with Crippen molar-refractivity contribution in [1.82, 2.24) is 0 Å². The molecule has 0 amide bonds. The van der Waals surface area contributed by atoms with Crippen LogP contribution in [0.15, 0.2) is 12.1 Å². The molecule has 0 aromatic carbocycles. The lowest BCUT2D eigenvalue weighted by atomic mass is 10.3. The first-order valence-corrected chi connectivity index (χ1v) is 4.30. The normalized spacial score (nSPS) is 14.5. The van der Waals surface area contributed by atoms with Crippen molar-refractivity contribution in [3.63, 3.8) is 0 Å². The topological polar surface area (TPSA) is 46.2 Å². The Morgan fingerprint density at radius 1 is 1.46 bits per heavy atom. The van der Waals surface area contributed by atoms with Crippen molar-refractivity contribution >= 4 is 11.3 Å². The Bertz CT molecular complexity index is 284. The number of aliphatic hydroxyl groups excluding tert-OH is 1. The van der Waals surface area contributed by atoms with Crippen molar-refractivity contribution in [3.05, 3.63) is 21.9 Å². The molecule has 0 saturated heterocycles. The summed E-state index contributed by atoms with van der Waals surface area (Å²) < 4.78 is 36.2. The Balaban J connectivity index is 2.87. The molecule has 3 N–H and O–H groups in total. The molecule has 1 heterocycles. The standard InChI is InChI=1S/C7H8F3NOS/c8-7(9,10)6-2-1-5(13-6)4(11)3-12/h1-2,4,12H,3,11H2. The number of hydrogen-bond acceptors (Lipinski definition) is 3. The van der Waals surface area contributed by atoms with Gasteiger partial charge in [0.1, 0.15) is 4.88 Å². The van der Waals surface area contributed by atoms with Gasteiger partial charge in [-0.25, -0.2) is 0 Å². The van der Waals surface area contributed by atoms with Gasteiger partial charge in [0.15, 0.2) is 0 Å². The molecule has 0 saturated carbocycles. The van der Waals surface area contributed by atoms with Crippen LogP contribution >= 0.6 is 11.3 Å². The fraction of sp³-hybridized carbons (Fsp3) is 0.429. The lowest BCUT2D eigenvalue weighted by Gasteiger charge is -2.04. The molecule has 13 heavy (non-hydrogen) atoms. The second kappa shape index (κ2) is 3.65. The number of halogens is 3. The van der Waals surface area contributed by atoms with E-state index < -0.39 is 17.1 Å². The zero-order valence-electron chi connectivity index (χ0n) is 6.51. The quantitative estimate of drug-likeness (QED) is 0.783. The lowest BCUT2D eigenvalue weighted by Crippen LogP contribution is -2.12. The minimum atomic E-state index is -4.32. The average Bonchev–Trinajstić information content (AvgIpc) is 2.50. The second-order valence-electron chi connectivity index (χ2n) is 2.49. The van der Waals surface area contributed by atoms with Crippen molar-refractivity contribution in [2.24, 2.45) is 5.73 Å². The molecule has 1 unspecified atom stereocenters. The van der Waals surface area contributed by atoms with Crippen molar-refractivity contribution < 1.29 is 18.3 Å². The molecule has 0 bridgehead atoms. The van der Waals surface area contributed by atoms with Gasteiger partial charge in [0.25, 0.3) is 0 Å². The van der Waals surface area contributed by atoms with Crippen LogP contribution in [-0.4, -0.2) is 11.7 Å². The first-order valence-electron chi connectivity index (χ1n) is 3.48. The van der Waals surface area contributed by atoms with Gasteiger partial charge in [-0.05, 0) is 12.1 Å². The molecule has 0 radical (unpaired) electrons. The number of thiophene rings is 1. The predicted molar refractivity (Wildman–Crippen MR) is 43.3 cm³/mol. The van der Waals surface area contributed by atoms with Gasteiger partial charge < -0.3 is 10.8 Å². The van der Waals surface area contributed by atoms with E-state index in [-0.39, 0.29) is 6.61 Å². The van der Waals surface area contributed by atoms with Gasteiger partial charge in [0, 0.05) is 4.88 Å². The van der Waals surface area contributed by atoms with Crippen LogP contribution in [0.1, 0.15) is 15.8 Å². The van der Waals surface area contributed by atoms with Crippen molar-refractivity contribution in [1.29, 1.82) is 0 Å². The molecule has 0 aliphatic heterocycles. The maximum atomic E-state index is 12.1. The molecular formula is C7H8F3NOS. The Morgan fingerprint density at radius 2 is 2.08 bits per heavy atom. The highest BCUT2D eigenvalue weighted by molar-refractivity contribution is 7.12. The third kappa shape index (κ3) is 2.43. The Morgan fingerprint density at radius 3 is 2.46 bits per heavy atom. The van der Waals surface area contributed by atoms with E-state index >= 15 is 0 Å². The summed E-state index contributed by atoms with van der Waals surface area (Å²) in [5.74, 6) is 0. The van der Waals surface area contributed by atoms with Gasteiger partial charge in [-0.1, -0.05) is 0 Å². The van der Waals surface area contributed by atoms with E-state index in [4.69, 9.17) is 10.8 Å². The van der Waals surface area contributed by atoms with Gasteiger partial charge >= 0.3 is 6.18 Å². The summed E-state index contributed by atoms with van der Waals surface area (Å²) in [5.41, 5.74) is 5.34. The molecule has 0 spiro atoms. The largest absolute Gasteiger partial charge is 0.425 e. The summed E-state index contributed by atoms with van der Waals surface area (Å²) in [6.45, 7) is -0.349. The van der Waals surface area contributed by atoms with Crippen molar-refractivity contribution in [2.45, 2.75) is 12.2 Å². The zero-order valence-corrected chi connectivity index (χ0v) is 7.32. The fourth-order valence-corrected chi connectivity index (χ4v) is 1.66. The summed E-state index contributed by atoms with van der Waals surface area (Å²) in [5, 5.41) is 8.60. The number of alkyl halides is 3. The summed E-state index contributed by atoms with van der Waals surface area (Å²) in [7, 11) is 0. The van der Waals surface area contributed by atoms with Crippen molar-refractivity contribution in [2.75, 3.05) is 6.61 Å². The monoisotopic (exact) mass is 211 g/mol. The molecule has 1 rings (SSSR count). The molecule has 1 aromatic heterocycles. The Kier molecular flexibility index (Phi) is 2.94. The minimum Gasteiger partial charge on any atom is -0.394 e. The maximum absolute atomic E-state index is 12.1. The minimum absolute atomic E-state index is 0.342. The molecule has 0 aliphatic rings. The SMILES string of the molecule is NC(CO)c1ccc(C(F)(F)F)s1. The summed E-state index contributed by atoms with van der Waals surface area (Å²) in [4.78, 5) is -0.346. The van der Waals surface area contributed by atoms with E-state index in [0.717, 1.165) is 6.07 Å². The van der Waals surface area contributed by atoms with E-state index in [0.29, 0.717) is 16.2 Å². The summed E-state index contributed by atoms with van der Waals surface area (Å²) >= 11 is 0.562. The van der Waals surface area contributed by atoms with Gasteiger partial charge in [0.05, 0.1) is 12.6 Å². The number of rotatable bonds is 2. The highest BCUT2D eigenvalue weighted by Gasteiger charge is 2.32. The van der Waals surface area contributed by atoms with Crippen LogP contribution < -0.4 is 5.73 Å². The highest BCUT2D eigenvalue weighted by Crippen LogP contribution is 2.35. The van der Waals surface area contributed by atoms with Crippen LogP contribution in [0.4, 0.5) is 13.2 Å². The zero-order chi connectivity index (χ0) is 10.1. The Hall–Kier alpha value is -0.590. The lowest BCUT2D eigenvalue weighted by molar-refractivity contribution is -0.134. The first kappa shape index (κ1) is 10.5. The predicted octanol–water partition coefficient (Wildman–Crippen LogP) is 1.76. The van der Waals surface area contributed by atoms with Gasteiger partial charge in [-0.3, -0.25) is 0 Å². The van der Waals surface area contributed by atoms with E-state index in [1.165, 1.54) is 6.07 Å². The van der Waals surface area contributed by atoms with Gasteiger partial charge in [0.2, 0.25) is 0 Å². The molecule has 1 aromatic rings. The van der Waals surface area contributed by atoms with E-state index in [1.54, 1.807) is 0 Å². The fourth-order valence-electron chi connectivity index (χ4n) is 0.794. The summed E-state index contributed by atoms with van der Waals surface area (Å²) in [6.07, 6.45) is -4.32. The van der Waals surface area contributed by atoms with Gasteiger partial charge in [-0.15, -0.1) is 11.3 Å². The molecule has 2 nitrogen and oxygen atoms in total. The van der Waals surface area contributed by atoms with Gasteiger partial charge in [-0.2, -0.15) is 13.2 Å². The van der Waals surface area contributed by atoms with Crippen LogP contribution in [0.3, 0.4) is 0 Å². The van der Waals surface area contributed by atoms with E-state index in [1.807, 2.05) is 0 Å². The van der Waals surface area contributed by atoms with Crippen LogP contribution in [0.5, 0.6) is 0 Å². The molecule has 0 fully saturated rings. The molecule has 0 aliphatic carbocycles. The smallest absolute Gasteiger partial charge is 0.394 e. The van der Waals surface area contributed by atoms with Crippen LogP contribution in [0.2, 0.25) is 0 Å². The van der Waals surface area contributed by atoms with Crippen LogP contribution in [0.25, 0.3) is 0 Å². The summed E-state index contributed by atoms with van der Waals surface area (Å²) in [6, 6.07) is 1.53. The number of hydrogen-bond donors (Lipinski definition) is 2. The average molecular weight is 211 g/mol. The molecular weight excluding hydrogens is 203 g/mol. The van der Waals surface area contributed by atoms with E-state index in [2.05, 4.69) is 0 Å². The van der Waals surface area contributed by atoms with Crippen molar-refractivity contribution in [3.8, 4) is 0 Å².